The van der Waals surface area contributed by atoms with Crippen molar-refractivity contribution in [1.29, 1.82) is 0 Å². The number of nitrogens with one attached hydrogen (secondary N) is 2. The Morgan fingerprint density at radius 3 is 2.50 bits per heavy atom. The predicted molar refractivity (Wildman–Crippen MR) is 128 cm³/mol. The molecule has 3 aromatic rings. The van der Waals surface area contributed by atoms with E-state index in [1.807, 2.05) is 43.3 Å². The SMILES string of the molecule is CNCCN(C)c1ccccc1Nc1cc(F)c(S(=O)(=O)N(Cl)c2ccccn2)cc1Cl. The van der Waals surface area contributed by atoms with Crippen LogP contribution in [0.5, 0.6) is 0 Å². The number of hydrogen-bond donors (Lipinski definition) is 2. The Bertz CT molecular complexity index is 1180. The van der Waals surface area contributed by atoms with E-state index >= 15 is 0 Å². The molecule has 7 nitrogen and oxygen atoms in total. The van der Waals surface area contributed by atoms with E-state index in [0.29, 0.717) is 9.51 Å². The number of sulfonamides is 1. The maximum Gasteiger partial charge on any atom is 0.282 e. The summed E-state index contributed by atoms with van der Waals surface area (Å²) in [4.78, 5) is 5.25. The molecule has 0 saturated heterocycles. The molecule has 0 unspecified atom stereocenters. The van der Waals surface area contributed by atoms with Crippen LogP contribution < -0.4 is 19.4 Å². The van der Waals surface area contributed by atoms with Gasteiger partial charge in [0.25, 0.3) is 10.0 Å². The molecule has 2 aromatic carbocycles. The molecular weight excluding hydrogens is 476 g/mol. The first-order chi connectivity index (χ1) is 15.3. The number of aromatic nitrogens is 1. The molecule has 1 aromatic heterocycles. The molecule has 0 fully saturated rings. The van der Waals surface area contributed by atoms with Crippen LogP contribution in [-0.2, 0) is 10.0 Å². The molecule has 0 aliphatic rings. The standard InChI is InChI=1S/C21H22Cl2FN5O2S/c1-25-11-12-28(2)19-8-4-3-7-17(19)27-18-14-16(24)20(13-15(18)22)32(30,31)29(23)21-9-5-6-10-26-21/h3-10,13-14,25,27H,11-12H2,1-2H3. The summed E-state index contributed by atoms with van der Waals surface area (Å²) in [6.07, 6.45) is 1.38. The highest BCUT2D eigenvalue weighted by atomic mass is 35.5. The van der Waals surface area contributed by atoms with Crippen LogP contribution in [0.1, 0.15) is 0 Å². The summed E-state index contributed by atoms with van der Waals surface area (Å²) in [6, 6.07) is 14.1. The van der Waals surface area contributed by atoms with Gasteiger partial charge in [0.2, 0.25) is 0 Å². The number of rotatable bonds is 9. The average Bonchev–Trinajstić information content (AvgIpc) is 2.79. The van der Waals surface area contributed by atoms with E-state index in [1.54, 1.807) is 12.1 Å². The fraction of sp³-hybridized carbons (Fsp3) is 0.190. The van der Waals surface area contributed by atoms with Crippen LogP contribution in [0.2, 0.25) is 5.02 Å². The molecule has 1 heterocycles. The van der Waals surface area contributed by atoms with Crippen LogP contribution in [0.15, 0.2) is 65.7 Å². The molecule has 3 rings (SSSR count). The average molecular weight is 498 g/mol. The second kappa shape index (κ2) is 10.4. The van der Waals surface area contributed by atoms with Crippen molar-refractivity contribution in [3.63, 3.8) is 0 Å². The number of benzene rings is 2. The van der Waals surface area contributed by atoms with Crippen LogP contribution in [-0.4, -0.2) is 40.6 Å². The summed E-state index contributed by atoms with van der Waals surface area (Å²) in [5, 5.41) is 6.19. The highest BCUT2D eigenvalue weighted by molar-refractivity contribution is 7.94. The van der Waals surface area contributed by atoms with Crippen LogP contribution in [0, 0.1) is 5.82 Å². The van der Waals surface area contributed by atoms with Gasteiger partial charge in [-0.3, -0.25) is 0 Å². The summed E-state index contributed by atoms with van der Waals surface area (Å²) in [7, 11) is -0.633. The van der Waals surface area contributed by atoms with Gasteiger partial charge in [-0.2, -0.15) is 12.2 Å². The third kappa shape index (κ3) is 5.24. The first kappa shape index (κ1) is 24.1. The third-order valence-electron chi connectivity index (χ3n) is 4.62. The topological polar surface area (TPSA) is 77.6 Å². The van der Waals surface area contributed by atoms with Gasteiger partial charge in [-0.05, 0) is 37.4 Å². The molecule has 32 heavy (non-hydrogen) atoms. The van der Waals surface area contributed by atoms with Crippen LogP contribution in [0.25, 0.3) is 0 Å². The number of hydrogen-bond acceptors (Lipinski definition) is 6. The van der Waals surface area contributed by atoms with E-state index in [-0.39, 0.29) is 16.5 Å². The predicted octanol–water partition coefficient (Wildman–Crippen LogP) is 4.62. The highest BCUT2D eigenvalue weighted by Crippen LogP contribution is 2.35. The number of nitrogens with zero attached hydrogens (tertiary/aromatic N) is 3. The summed E-state index contributed by atoms with van der Waals surface area (Å²) in [5.74, 6) is -1.06. The van der Waals surface area contributed by atoms with Crippen LogP contribution in [0.4, 0.5) is 27.3 Å². The number of likely N-dealkylation sites (N-methyl/N-ethyl adjacent to an activating group) is 2. The van der Waals surface area contributed by atoms with E-state index in [0.717, 1.165) is 30.9 Å². The smallest absolute Gasteiger partial charge is 0.282 e. The van der Waals surface area contributed by atoms with Crippen molar-refractivity contribution in [2.24, 2.45) is 0 Å². The third-order valence-corrected chi connectivity index (χ3v) is 7.13. The minimum absolute atomic E-state index is 0.0174. The van der Waals surface area contributed by atoms with Crippen molar-refractivity contribution >= 4 is 56.3 Å². The van der Waals surface area contributed by atoms with Gasteiger partial charge in [-0.15, -0.1) is 0 Å². The molecular formula is C21H22Cl2FN5O2S. The highest BCUT2D eigenvalue weighted by Gasteiger charge is 2.29. The Morgan fingerprint density at radius 1 is 1.09 bits per heavy atom. The number of anilines is 4. The minimum Gasteiger partial charge on any atom is -0.372 e. The van der Waals surface area contributed by atoms with Crippen LogP contribution in [0.3, 0.4) is 0 Å². The molecule has 0 atom stereocenters. The van der Waals surface area contributed by atoms with Crippen molar-refractivity contribution in [3.8, 4) is 0 Å². The Balaban J connectivity index is 1.92. The zero-order valence-electron chi connectivity index (χ0n) is 17.4. The number of para-hydroxylation sites is 2. The van der Waals surface area contributed by atoms with E-state index in [9.17, 15) is 12.8 Å². The molecule has 0 bridgehead atoms. The van der Waals surface area contributed by atoms with Gasteiger partial charge in [0.05, 0.1) is 22.1 Å². The molecule has 2 N–H and O–H groups in total. The molecule has 0 aliphatic carbocycles. The van der Waals surface area contributed by atoms with Crippen molar-refractivity contribution in [2.45, 2.75) is 4.90 Å². The van der Waals surface area contributed by atoms with Crippen molar-refractivity contribution in [2.75, 3.05) is 41.2 Å². The summed E-state index contributed by atoms with van der Waals surface area (Å²) in [5.41, 5.74) is 1.78. The second-order valence-electron chi connectivity index (χ2n) is 6.84. The molecule has 0 amide bonds. The number of pyridine rings is 1. The Morgan fingerprint density at radius 2 is 1.81 bits per heavy atom. The lowest BCUT2D eigenvalue weighted by molar-refractivity contribution is 0.568. The molecule has 0 aliphatic heterocycles. The monoisotopic (exact) mass is 497 g/mol. The lowest BCUT2D eigenvalue weighted by atomic mass is 10.2. The molecule has 11 heteroatoms. The van der Waals surface area contributed by atoms with Crippen molar-refractivity contribution in [1.82, 2.24) is 10.3 Å². The summed E-state index contributed by atoms with van der Waals surface area (Å²) < 4.78 is 41.0. The van der Waals surface area contributed by atoms with E-state index < -0.39 is 20.7 Å². The first-order valence-corrected chi connectivity index (χ1v) is 11.7. The van der Waals surface area contributed by atoms with Crippen molar-refractivity contribution in [3.05, 3.63) is 71.6 Å². The Hall–Kier alpha value is -2.59. The van der Waals surface area contributed by atoms with Gasteiger partial charge < -0.3 is 15.5 Å². The van der Waals surface area contributed by atoms with Gasteiger partial charge in [0.1, 0.15) is 10.7 Å². The van der Waals surface area contributed by atoms with Gasteiger partial charge in [-0.1, -0.05) is 29.8 Å². The normalized spacial score (nSPS) is 11.3. The lowest BCUT2D eigenvalue weighted by Crippen LogP contribution is -2.27. The maximum atomic E-state index is 14.9. The van der Waals surface area contributed by atoms with Gasteiger partial charge in [0.15, 0.2) is 5.82 Å². The zero-order valence-corrected chi connectivity index (χ0v) is 19.7. The number of halogens is 3. The molecule has 0 spiro atoms. The van der Waals surface area contributed by atoms with Crippen molar-refractivity contribution < 1.29 is 12.8 Å². The zero-order chi connectivity index (χ0) is 23.3. The van der Waals surface area contributed by atoms with Crippen LogP contribution >= 0.6 is 23.4 Å². The van der Waals surface area contributed by atoms with E-state index in [1.165, 1.54) is 12.3 Å². The quantitative estimate of drug-likeness (QED) is 0.420. The van der Waals surface area contributed by atoms with E-state index in [4.69, 9.17) is 23.4 Å². The second-order valence-corrected chi connectivity index (χ2v) is 9.54. The molecule has 0 saturated carbocycles. The largest absolute Gasteiger partial charge is 0.372 e. The minimum atomic E-state index is -4.43. The summed E-state index contributed by atoms with van der Waals surface area (Å²) in [6.45, 7) is 1.52. The van der Waals surface area contributed by atoms with Gasteiger partial charge in [0, 0.05) is 44.2 Å². The van der Waals surface area contributed by atoms with Gasteiger partial charge in [-0.25, -0.2) is 9.37 Å². The fourth-order valence-corrected chi connectivity index (χ4v) is 4.64. The Labute approximate surface area is 196 Å². The lowest BCUT2D eigenvalue weighted by Gasteiger charge is -2.23. The molecule has 170 valence electrons. The molecule has 0 radical (unpaired) electrons. The fourth-order valence-electron chi connectivity index (χ4n) is 2.95. The summed E-state index contributed by atoms with van der Waals surface area (Å²) >= 11 is 12.3. The first-order valence-electron chi connectivity index (χ1n) is 9.58. The van der Waals surface area contributed by atoms with Gasteiger partial charge >= 0.3 is 0 Å². The van der Waals surface area contributed by atoms with E-state index in [2.05, 4.69) is 15.6 Å². The maximum absolute atomic E-state index is 14.9. The Kier molecular flexibility index (Phi) is 7.78.